The van der Waals surface area contributed by atoms with Crippen molar-refractivity contribution in [1.29, 1.82) is 0 Å². The van der Waals surface area contributed by atoms with Crippen molar-refractivity contribution in [2.75, 3.05) is 19.5 Å². The summed E-state index contributed by atoms with van der Waals surface area (Å²) in [7, 11) is 0. The van der Waals surface area contributed by atoms with Crippen LogP contribution >= 0.6 is 0 Å². The van der Waals surface area contributed by atoms with Gasteiger partial charge in [0, 0.05) is 6.54 Å². The molecule has 1 aliphatic heterocycles. The van der Waals surface area contributed by atoms with Crippen LogP contribution in [0.4, 0.5) is 12.9 Å². The van der Waals surface area contributed by atoms with Crippen LogP contribution in [0.2, 0.25) is 0 Å². The third kappa shape index (κ3) is 3.02. The molecule has 1 fully saturated rings. The summed E-state index contributed by atoms with van der Waals surface area (Å²) in [5, 5.41) is 9.36. The number of nitrogens with zero attached hydrogens (tertiary/aromatic N) is 1. The Kier molecular flexibility index (Phi) is 2.40. The van der Waals surface area contributed by atoms with Gasteiger partial charge in [0.25, 0.3) is 0 Å². The molecule has 0 aromatic rings. The van der Waals surface area contributed by atoms with Gasteiger partial charge in [-0.15, -0.1) is 0 Å². The first-order chi connectivity index (χ1) is 5.29. The fourth-order valence-corrected chi connectivity index (χ4v) is 1.49. The number of aliphatic hydroxyl groups is 1. The van der Waals surface area contributed by atoms with Crippen LogP contribution in [0, 0.1) is 0 Å². The maximum absolute atomic E-state index is 11.9. The van der Waals surface area contributed by atoms with E-state index < -0.39 is 19.0 Å². The molecule has 2 nitrogen and oxygen atoms in total. The molecule has 0 amide bonds. The molecule has 1 heterocycles. The molecular weight excluding hydrogens is 170 g/mol. The van der Waals surface area contributed by atoms with Crippen LogP contribution in [0.3, 0.4) is 0 Å². The first-order valence-corrected chi connectivity index (χ1v) is 3.94. The Bertz CT molecular complexity index is 171. The summed E-state index contributed by atoms with van der Waals surface area (Å²) in [5.41, 5.74) is -0.929. The van der Waals surface area contributed by atoms with Gasteiger partial charge in [-0.05, 0) is 26.3 Å². The quantitative estimate of drug-likeness (QED) is 0.639. The van der Waals surface area contributed by atoms with Crippen molar-refractivity contribution in [3.63, 3.8) is 0 Å². The fourth-order valence-electron chi connectivity index (χ4n) is 1.49. The van der Waals surface area contributed by atoms with Gasteiger partial charge in [0.05, 0.1) is 5.60 Å². The summed E-state index contributed by atoms with van der Waals surface area (Å²) in [6.45, 7) is -2.70. The second kappa shape index (κ2) is 2.92. The number of likely N-dealkylation sites (tertiary alicyclic amines) is 1. The van der Waals surface area contributed by atoms with Crippen molar-refractivity contribution < 1.29 is 18.1 Å². The number of halogens is 3. The zero-order chi connectivity index (χ0) is 9.41. The molecule has 72 valence electrons. The fraction of sp³-hybridized carbons (Fsp3) is 1.00. The number of hydrogen-bond donors (Lipinski definition) is 1. The molecule has 12 heavy (non-hydrogen) atoms. The van der Waals surface area contributed by atoms with Crippen molar-refractivity contribution >= 4 is 6.98 Å². The minimum atomic E-state index is -4.75. The third-order valence-electron chi connectivity index (χ3n) is 2.00. The highest BCUT2D eigenvalue weighted by atomic mass is 19.4. The van der Waals surface area contributed by atoms with Gasteiger partial charge in [0.15, 0.2) is 0 Å². The molecule has 1 saturated heterocycles. The van der Waals surface area contributed by atoms with Crippen LogP contribution in [0.5, 0.6) is 0 Å². The lowest BCUT2D eigenvalue weighted by Gasteiger charge is -2.24. The smallest absolute Gasteiger partial charge is 0.448 e. The van der Waals surface area contributed by atoms with Crippen molar-refractivity contribution in [2.24, 2.45) is 0 Å². The highest BCUT2D eigenvalue weighted by Gasteiger charge is 2.35. The molecule has 1 rings (SSSR count). The van der Waals surface area contributed by atoms with Crippen molar-refractivity contribution in [1.82, 2.24) is 4.90 Å². The van der Waals surface area contributed by atoms with E-state index in [0.29, 0.717) is 13.0 Å². The summed E-state index contributed by atoms with van der Waals surface area (Å²) >= 11 is 0. The average Bonchev–Trinajstić information content (AvgIpc) is 2.05. The lowest BCUT2D eigenvalue weighted by molar-refractivity contribution is 0.0700. The molecule has 6 heteroatoms. The van der Waals surface area contributed by atoms with Crippen molar-refractivity contribution in [3.05, 3.63) is 0 Å². The van der Waals surface area contributed by atoms with Crippen LogP contribution in [-0.2, 0) is 0 Å². The van der Waals surface area contributed by atoms with Crippen LogP contribution in [-0.4, -0.2) is 42.1 Å². The minimum Gasteiger partial charge on any atom is -0.448 e. The Morgan fingerprint density at radius 3 is 2.42 bits per heavy atom. The topological polar surface area (TPSA) is 23.5 Å². The predicted octanol–water partition coefficient (Wildman–Crippen LogP) is 0.830. The standard InChI is InChI=1S/C6H12BF3NO/c1-6(12)2-3-11(4-6)5-7(8,9)10/h12H,2-5H2,1H3/q-1. The largest absolute Gasteiger partial charge is 0.492 e. The highest BCUT2D eigenvalue weighted by molar-refractivity contribution is 6.58. The molecule has 0 aromatic carbocycles. The highest BCUT2D eigenvalue weighted by Crippen LogP contribution is 2.22. The summed E-state index contributed by atoms with van der Waals surface area (Å²) in [6, 6.07) is 0. The second-order valence-corrected chi connectivity index (χ2v) is 3.69. The van der Waals surface area contributed by atoms with Crippen LogP contribution in [0.15, 0.2) is 0 Å². The molecule has 1 unspecified atom stereocenters. The number of rotatable bonds is 2. The SMILES string of the molecule is CC1(O)CCN(C[B-](F)(F)F)C1. The predicted molar refractivity (Wildman–Crippen MR) is 40.8 cm³/mol. The van der Waals surface area contributed by atoms with E-state index in [2.05, 4.69) is 0 Å². The maximum Gasteiger partial charge on any atom is 0.492 e. The van der Waals surface area contributed by atoms with Crippen LogP contribution in [0.1, 0.15) is 13.3 Å². The first kappa shape index (κ1) is 9.86. The Morgan fingerprint density at radius 2 is 2.08 bits per heavy atom. The third-order valence-corrected chi connectivity index (χ3v) is 2.00. The van der Waals surface area contributed by atoms with Gasteiger partial charge >= 0.3 is 6.98 Å². The first-order valence-electron chi connectivity index (χ1n) is 3.94. The normalized spacial score (nSPS) is 32.8. The zero-order valence-electron chi connectivity index (χ0n) is 6.93. The van der Waals surface area contributed by atoms with E-state index in [1.165, 1.54) is 4.90 Å². The Morgan fingerprint density at radius 1 is 1.50 bits per heavy atom. The van der Waals surface area contributed by atoms with E-state index in [0.717, 1.165) is 0 Å². The zero-order valence-corrected chi connectivity index (χ0v) is 6.93. The van der Waals surface area contributed by atoms with Gasteiger partial charge in [-0.1, -0.05) is 0 Å². The molecule has 0 spiro atoms. The molecular formula is C6H12BF3NO-. The summed E-state index contributed by atoms with van der Waals surface area (Å²) in [4.78, 5) is 1.25. The van der Waals surface area contributed by atoms with Gasteiger partial charge in [-0.2, -0.15) is 0 Å². The lowest BCUT2D eigenvalue weighted by Crippen LogP contribution is -2.38. The van der Waals surface area contributed by atoms with Crippen LogP contribution in [0.25, 0.3) is 0 Å². The molecule has 0 bridgehead atoms. The molecule has 1 atom stereocenters. The monoisotopic (exact) mass is 182 g/mol. The Labute approximate surface area is 69.4 Å². The van der Waals surface area contributed by atoms with Gasteiger partial charge < -0.3 is 23.0 Å². The maximum atomic E-state index is 11.9. The summed E-state index contributed by atoms with van der Waals surface area (Å²) < 4.78 is 35.7. The van der Waals surface area contributed by atoms with E-state index in [1.807, 2.05) is 0 Å². The molecule has 0 aromatic heterocycles. The molecule has 0 aliphatic carbocycles. The molecule has 0 saturated carbocycles. The van der Waals surface area contributed by atoms with E-state index in [9.17, 15) is 18.1 Å². The van der Waals surface area contributed by atoms with Gasteiger partial charge in [0.1, 0.15) is 0 Å². The van der Waals surface area contributed by atoms with Crippen molar-refractivity contribution in [3.8, 4) is 0 Å². The molecule has 1 N–H and O–H groups in total. The van der Waals surface area contributed by atoms with Gasteiger partial charge in [-0.25, -0.2) is 0 Å². The molecule has 1 aliphatic rings. The lowest BCUT2D eigenvalue weighted by atomic mass is 9.91. The van der Waals surface area contributed by atoms with E-state index in [-0.39, 0.29) is 6.54 Å². The minimum absolute atomic E-state index is 0.133. The van der Waals surface area contributed by atoms with Gasteiger partial charge in [-0.3, -0.25) is 0 Å². The van der Waals surface area contributed by atoms with E-state index in [1.54, 1.807) is 6.92 Å². The number of hydrogen-bond acceptors (Lipinski definition) is 2. The second-order valence-electron chi connectivity index (χ2n) is 3.69. The summed E-state index contributed by atoms with van der Waals surface area (Å²) in [5.74, 6) is 0. The van der Waals surface area contributed by atoms with Crippen LogP contribution < -0.4 is 0 Å². The Hall–Kier alpha value is -0.225. The Balaban J connectivity index is 2.39. The summed E-state index contributed by atoms with van der Waals surface area (Å²) in [6.07, 6.45) is -0.421. The molecule has 0 radical (unpaired) electrons. The van der Waals surface area contributed by atoms with E-state index in [4.69, 9.17) is 0 Å². The average molecular weight is 182 g/mol. The number of β-amino-alcohol motifs (C(OH)–C–C–N with tert-alkyl or cyclic N) is 1. The van der Waals surface area contributed by atoms with Crippen molar-refractivity contribution in [2.45, 2.75) is 18.9 Å². The van der Waals surface area contributed by atoms with E-state index >= 15 is 0 Å². The van der Waals surface area contributed by atoms with Gasteiger partial charge in [0.2, 0.25) is 0 Å².